The maximum atomic E-state index is 12.2. The number of aryl methyl sites for hydroxylation is 1. The number of hydrogen-bond acceptors (Lipinski definition) is 9. The number of methoxy groups -OCH3 is 2. The molecule has 10 nitrogen and oxygen atoms in total. The second-order valence-electron chi connectivity index (χ2n) is 15.0. The van der Waals surface area contributed by atoms with E-state index in [4.69, 9.17) is 11.6 Å². The van der Waals surface area contributed by atoms with Crippen LogP contribution in [0.4, 0.5) is 0 Å². The van der Waals surface area contributed by atoms with E-state index >= 15 is 0 Å². The molecule has 12 heteroatoms. The summed E-state index contributed by atoms with van der Waals surface area (Å²) in [6.45, 7) is 11.3. The highest BCUT2D eigenvalue weighted by Gasteiger charge is 2.35. The third kappa shape index (κ3) is 18.3. The van der Waals surface area contributed by atoms with Gasteiger partial charge in [0.15, 0.2) is 0 Å². The Morgan fingerprint density at radius 2 is 1.17 bits per heavy atom. The van der Waals surface area contributed by atoms with Crippen LogP contribution in [0.25, 0.3) is 0 Å². The van der Waals surface area contributed by atoms with Crippen molar-refractivity contribution in [2.45, 2.75) is 150 Å². The first-order valence-corrected chi connectivity index (χ1v) is 19.7. The topological polar surface area (TPSA) is 149 Å². The Labute approximate surface area is 327 Å². The third-order valence-electron chi connectivity index (χ3n) is 9.98. The third-order valence-corrected chi connectivity index (χ3v) is 10.4. The molecule has 0 aromatic carbocycles. The molecule has 1 aromatic rings. The monoisotopic (exact) mass is 785 g/mol. The number of ketones is 1. The van der Waals surface area contributed by atoms with Gasteiger partial charge in [-0.3, -0.25) is 14.4 Å². The van der Waals surface area contributed by atoms with Crippen molar-refractivity contribution in [2.75, 3.05) is 20.6 Å². The van der Waals surface area contributed by atoms with Gasteiger partial charge in [0.2, 0.25) is 5.24 Å². The molecule has 53 heavy (non-hydrogen) atoms. The average molecular weight is 787 g/mol. The summed E-state index contributed by atoms with van der Waals surface area (Å²) >= 11 is 10.1. The number of rotatable bonds is 7. The minimum Gasteiger partial charge on any atom is -0.466 e. The van der Waals surface area contributed by atoms with Crippen molar-refractivity contribution in [3.8, 4) is 0 Å². The maximum Gasteiger partial charge on any atom is 0.330 e. The molecule has 3 fully saturated rings. The fourth-order valence-corrected chi connectivity index (χ4v) is 6.82. The van der Waals surface area contributed by atoms with Crippen LogP contribution in [0.15, 0.2) is 40.2 Å². The van der Waals surface area contributed by atoms with Gasteiger partial charge >= 0.3 is 11.9 Å². The Kier molecular flexibility index (Phi) is 23.8. The van der Waals surface area contributed by atoms with Crippen LogP contribution in [0.3, 0.4) is 0 Å². The Morgan fingerprint density at radius 3 is 1.55 bits per heavy atom. The number of carbonyl (C=O) groups excluding carboxylic acids is 4. The highest BCUT2D eigenvalue weighted by atomic mass is 35.5. The zero-order valence-electron chi connectivity index (χ0n) is 33.6. The molecule has 1 heterocycles. The molecule has 0 saturated heterocycles. The number of ether oxygens (including phenoxy) is 2. The molecule has 3 saturated carbocycles. The van der Waals surface area contributed by atoms with Crippen LogP contribution in [-0.4, -0.2) is 58.6 Å². The Bertz CT molecular complexity index is 1420. The number of aromatic nitrogens is 1. The standard InChI is InChI=1S/C14H22O3.C12H17NO3.C8H13ClO.C6H10O2.CH3Cl/c1-11(10-13(16)17-3)9-12(15)14(2)7-5-4-6-8-14;1-9-7-10(13(16)11(14)8-9)12(15)5-3-2-4-6-12;1-8(7(9)10)5-3-2-4-6-8;1-5(2)4-6(7)8-3;1-2/h10H,4-9H2,1-3H3;7-8,15-16H,2-6H2,1H3;2-6H2,1H3;4H,1-3H3;1H3/b11-10+;;;;. The summed E-state index contributed by atoms with van der Waals surface area (Å²) in [5.74, 6) is -0.413. The number of Topliss-reactive ketones (excluding diaryl/α,β-unsaturated/α-hetero) is 1. The summed E-state index contributed by atoms with van der Waals surface area (Å²) < 4.78 is 9.47. The van der Waals surface area contributed by atoms with Crippen LogP contribution in [0, 0.1) is 17.8 Å². The van der Waals surface area contributed by atoms with Gasteiger partial charge in [0.1, 0.15) is 11.4 Å². The normalized spacial score (nSPS) is 18.2. The average Bonchev–Trinajstić information content (AvgIpc) is 3.12. The number of allylic oxidation sites excluding steroid dienone is 2. The first kappa shape index (κ1) is 50.1. The van der Waals surface area contributed by atoms with E-state index in [9.17, 15) is 34.3 Å². The number of aliphatic hydroxyl groups is 1. The van der Waals surface area contributed by atoms with Crippen molar-refractivity contribution >= 4 is 46.2 Å². The SMILES string of the molecule is CC1(C(=O)Cl)CCCCC1.CCl.COC(=O)/C=C(\C)CC(=O)C1(C)CCCCC1.COC(=O)C=C(C)C.Cc1cc(C2(O)CCCCC2)n(O)c(=O)c1. The van der Waals surface area contributed by atoms with E-state index in [-0.39, 0.29) is 33.8 Å². The first-order chi connectivity index (χ1) is 24.8. The molecule has 0 unspecified atom stereocenters. The Morgan fingerprint density at radius 1 is 0.755 bits per heavy atom. The van der Waals surface area contributed by atoms with E-state index < -0.39 is 11.2 Å². The predicted octanol–water partition coefficient (Wildman–Crippen LogP) is 9.28. The molecule has 0 radical (unpaired) electrons. The van der Waals surface area contributed by atoms with Crippen LogP contribution in [0.1, 0.15) is 149 Å². The van der Waals surface area contributed by atoms with Crippen molar-refractivity contribution < 1.29 is 39.0 Å². The van der Waals surface area contributed by atoms with E-state index in [1.54, 1.807) is 19.9 Å². The number of nitrogens with zero attached hydrogens (tertiary/aromatic N) is 1. The van der Waals surface area contributed by atoms with Crippen molar-refractivity contribution in [1.82, 2.24) is 4.73 Å². The van der Waals surface area contributed by atoms with Crippen LogP contribution >= 0.6 is 23.2 Å². The first-order valence-electron chi connectivity index (χ1n) is 18.6. The molecular formula is C41H65Cl2NO9. The predicted molar refractivity (Wildman–Crippen MR) is 211 cm³/mol. The van der Waals surface area contributed by atoms with E-state index in [0.717, 1.165) is 87.3 Å². The van der Waals surface area contributed by atoms with Crippen molar-refractivity contribution in [3.05, 3.63) is 57.0 Å². The van der Waals surface area contributed by atoms with Crippen LogP contribution in [-0.2, 0) is 34.3 Å². The number of alkyl halides is 1. The van der Waals surface area contributed by atoms with E-state index in [1.165, 1.54) is 51.7 Å². The van der Waals surface area contributed by atoms with Gasteiger partial charge in [-0.15, -0.1) is 16.3 Å². The fraction of sp³-hybridized carbons (Fsp3) is 0.683. The van der Waals surface area contributed by atoms with E-state index in [1.807, 2.05) is 20.8 Å². The lowest BCUT2D eigenvalue weighted by Gasteiger charge is -2.32. The number of pyridine rings is 1. The van der Waals surface area contributed by atoms with Crippen molar-refractivity contribution in [3.63, 3.8) is 0 Å². The van der Waals surface area contributed by atoms with Crippen LogP contribution in [0.5, 0.6) is 0 Å². The highest BCUT2D eigenvalue weighted by Crippen LogP contribution is 2.39. The zero-order valence-corrected chi connectivity index (χ0v) is 35.1. The molecule has 0 spiro atoms. The molecule has 0 bridgehead atoms. The van der Waals surface area contributed by atoms with E-state index in [2.05, 4.69) is 28.0 Å². The number of esters is 2. The lowest BCUT2D eigenvalue weighted by molar-refractivity contribution is -0.135. The lowest BCUT2D eigenvalue weighted by atomic mass is 9.71. The molecule has 3 aliphatic rings. The minimum absolute atomic E-state index is 0.146. The summed E-state index contributed by atoms with van der Waals surface area (Å²) in [4.78, 5) is 55.9. The molecule has 0 amide bonds. The summed E-state index contributed by atoms with van der Waals surface area (Å²) in [6.07, 6.45) is 19.9. The highest BCUT2D eigenvalue weighted by molar-refractivity contribution is 6.64. The second-order valence-corrected chi connectivity index (χ2v) is 15.4. The lowest BCUT2D eigenvalue weighted by Crippen LogP contribution is -2.35. The van der Waals surface area contributed by atoms with E-state index in [0.29, 0.717) is 29.7 Å². The number of halogens is 2. The zero-order chi connectivity index (χ0) is 40.8. The summed E-state index contributed by atoms with van der Waals surface area (Å²) in [6, 6.07) is 3.04. The molecule has 0 aliphatic heterocycles. The van der Waals surface area contributed by atoms with Crippen molar-refractivity contribution in [1.29, 1.82) is 0 Å². The van der Waals surface area contributed by atoms with Gasteiger partial charge < -0.3 is 19.8 Å². The molecule has 1 aromatic heterocycles. The van der Waals surface area contributed by atoms with Crippen molar-refractivity contribution in [2.24, 2.45) is 10.8 Å². The molecular weight excluding hydrogens is 721 g/mol. The van der Waals surface area contributed by atoms with Gasteiger partial charge in [-0.05, 0) is 89.5 Å². The van der Waals surface area contributed by atoms with Gasteiger partial charge in [0.25, 0.3) is 5.56 Å². The van der Waals surface area contributed by atoms with Gasteiger partial charge in [-0.25, -0.2) is 9.59 Å². The van der Waals surface area contributed by atoms with Gasteiger partial charge in [-0.2, -0.15) is 0 Å². The van der Waals surface area contributed by atoms with Gasteiger partial charge in [0, 0.05) is 41.9 Å². The second kappa shape index (κ2) is 25.2. The largest absolute Gasteiger partial charge is 0.466 e. The summed E-state index contributed by atoms with van der Waals surface area (Å²) in [7, 11) is 2.71. The van der Waals surface area contributed by atoms with Gasteiger partial charge in [0.05, 0.1) is 19.9 Å². The number of carbonyl (C=O) groups is 4. The Balaban J connectivity index is 0.000000696. The minimum atomic E-state index is -1.04. The smallest absolute Gasteiger partial charge is 0.330 e. The van der Waals surface area contributed by atoms with Crippen LogP contribution < -0.4 is 5.56 Å². The molecule has 302 valence electrons. The van der Waals surface area contributed by atoms with Gasteiger partial charge in [-0.1, -0.05) is 82.8 Å². The number of hydrogen-bond donors (Lipinski definition) is 2. The quantitative estimate of drug-likeness (QED) is 0.0907. The molecule has 3 aliphatic carbocycles. The maximum absolute atomic E-state index is 12.2. The molecule has 0 atom stereocenters. The molecule has 2 N–H and O–H groups in total. The van der Waals surface area contributed by atoms with Crippen LogP contribution in [0.2, 0.25) is 0 Å². The Hall–Kier alpha value is -2.95. The molecule has 4 rings (SSSR count). The summed E-state index contributed by atoms with van der Waals surface area (Å²) in [5.41, 5.74) is 0.947. The fourth-order valence-electron chi connectivity index (χ4n) is 6.63. The summed E-state index contributed by atoms with van der Waals surface area (Å²) in [5, 5.41) is 20.0.